The van der Waals surface area contributed by atoms with E-state index in [1.54, 1.807) is 0 Å². The number of hydrogen-bond acceptors (Lipinski definition) is 3. The maximum atomic E-state index is 14.7. The Morgan fingerprint density at radius 3 is 0.468 bits per heavy atom. The number of rotatable bonds is 21. The van der Waals surface area contributed by atoms with Crippen LogP contribution in [0, 0.1) is 0 Å². The summed E-state index contributed by atoms with van der Waals surface area (Å²) in [6, 6.07) is -6.31. The number of alkyl halides is 39. The monoisotopic (exact) mass is 1260 g/mol. The van der Waals surface area contributed by atoms with Crippen molar-refractivity contribution in [1.82, 2.24) is 0 Å². The summed E-state index contributed by atoms with van der Waals surface area (Å²) in [5.74, 6) is -125. The molecule has 3 nitrogen and oxygen atoms in total. The van der Waals surface area contributed by atoms with Crippen LogP contribution in [0.3, 0.4) is 0 Å². The van der Waals surface area contributed by atoms with Gasteiger partial charge in [-0.2, -0.15) is 171 Å². The summed E-state index contributed by atoms with van der Waals surface area (Å²) >= 11 is 0. The van der Waals surface area contributed by atoms with E-state index in [9.17, 15) is 171 Å². The van der Waals surface area contributed by atoms with Crippen molar-refractivity contribution in [2.45, 2.75) is 107 Å². The van der Waals surface area contributed by atoms with Crippen molar-refractivity contribution in [3.63, 3.8) is 0 Å². The van der Waals surface area contributed by atoms with Crippen molar-refractivity contribution >= 4 is 8.60 Å². The second-order valence-corrected chi connectivity index (χ2v) is 16.2. The highest BCUT2D eigenvalue weighted by Crippen LogP contribution is 2.66. The fourth-order valence-corrected chi connectivity index (χ4v) is 6.34. The Kier molecular flexibility index (Phi) is 16.8. The SMILES string of the molecule is FC(F)(F)C(F)(F)C(F)(F)C(F)(F)C(F)(F)C(F)(F)c1ccc(OP(Oc2ccc(C(F)(F)C(F)(F)C(F)(F)C(F)(F)C(F)(F)C(F)(F)F)cc2)Oc2ccc(C(F)(F)C(F)(F)C(F)(F)C(F)(F)C(F)(F)C(F)(F)F)cc2)cc1. The van der Waals surface area contributed by atoms with Crippen LogP contribution in [0.15, 0.2) is 72.8 Å². The van der Waals surface area contributed by atoms with Gasteiger partial charge in [-0.05, 0) is 72.8 Å². The lowest BCUT2D eigenvalue weighted by atomic mass is 9.90. The third-order valence-corrected chi connectivity index (χ3v) is 11.1. The standard InChI is InChI=1S/C36H12F39O3P/c37-19(38,22(43,44)25(49,50)28(55,56)31(61,62)34(67,68)69)13-1-7-16(8-2-13)76-79(77-17-9-3-14(4-10-17)20(39,40)23(45,46)26(51,52)29(57,58)32(63,64)35(70,71)72)78-18-11-5-15(6-12-18)21(41,42)24(47,48)27(53,54)30(59,60)33(65,66)36(73,74)75/h1-12H. The van der Waals surface area contributed by atoms with Crippen molar-refractivity contribution in [3.05, 3.63) is 89.5 Å². The topological polar surface area (TPSA) is 27.7 Å². The fraction of sp³-hybridized carbons (Fsp3) is 0.500. The van der Waals surface area contributed by atoms with Gasteiger partial charge >= 0.3 is 116 Å². The molecule has 0 radical (unpaired) electrons. The molecule has 3 rings (SSSR count). The van der Waals surface area contributed by atoms with Crippen molar-refractivity contribution in [1.29, 1.82) is 0 Å². The van der Waals surface area contributed by atoms with Crippen LogP contribution < -0.4 is 13.6 Å². The lowest BCUT2D eigenvalue weighted by Crippen LogP contribution is -2.69. The molecule has 0 atom stereocenters. The van der Waals surface area contributed by atoms with E-state index in [0.717, 1.165) is 0 Å². The first kappa shape index (κ1) is 68.0. The van der Waals surface area contributed by atoms with E-state index in [-0.39, 0.29) is 36.4 Å². The molecule has 0 aliphatic rings. The molecule has 0 spiro atoms. The average molecular weight is 1260 g/mol. The highest BCUT2D eigenvalue weighted by atomic mass is 31.2. The maximum absolute atomic E-state index is 14.7. The highest BCUT2D eigenvalue weighted by molar-refractivity contribution is 7.43. The van der Waals surface area contributed by atoms with Crippen LogP contribution in [0.2, 0.25) is 0 Å². The van der Waals surface area contributed by atoms with Gasteiger partial charge < -0.3 is 13.6 Å². The maximum Gasteiger partial charge on any atom is 0.530 e. The van der Waals surface area contributed by atoms with Crippen molar-refractivity contribution < 1.29 is 185 Å². The molecule has 3 aromatic carbocycles. The Morgan fingerprint density at radius 1 is 0.190 bits per heavy atom. The van der Waals surface area contributed by atoms with Gasteiger partial charge in [0, 0.05) is 16.7 Å². The molecule has 452 valence electrons. The van der Waals surface area contributed by atoms with Gasteiger partial charge in [0.1, 0.15) is 17.2 Å². The zero-order chi connectivity index (χ0) is 62.6. The highest BCUT2D eigenvalue weighted by Gasteiger charge is 2.93. The Labute approximate surface area is 408 Å². The van der Waals surface area contributed by atoms with E-state index in [2.05, 4.69) is 0 Å². The summed E-state index contributed by atoms with van der Waals surface area (Å²) in [6.07, 6.45) is -23.6. The molecule has 0 saturated carbocycles. The Morgan fingerprint density at radius 2 is 0.329 bits per heavy atom. The summed E-state index contributed by atoms with van der Waals surface area (Å²) in [7, 11) is -4.18. The van der Waals surface area contributed by atoms with E-state index >= 15 is 0 Å². The third kappa shape index (κ3) is 10.1. The zero-order valence-corrected chi connectivity index (χ0v) is 36.2. The molecular formula is C36H12F39O3P. The Bertz CT molecular complexity index is 2310. The van der Waals surface area contributed by atoms with Crippen LogP contribution in [0.4, 0.5) is 171 Å². The van der Waals surface area contributed by atoms with Gasteiger partial charge in [0.05, 0.1) is 0 Å². The molecule has 0 fully saturated rings. The normalized spacial score (nSPS) is 15.6. The van der Waals surface area contributed by atoms with Gasteiger partial charge in [-0.1, -0.05) is 0 Å². The van der Waals surface area contributed by atoms with Crippen molar-refractivity contribution in [2.24, 2.45) is 0 Å². The van der Waals surface area contributed by atoms with Crippen LogP contribution in [0.25, 0.3) is 0 Å². The van der Waals surface area contributed by atoms with Crippen LogP contribution >= 0.6 is 8.60 Å². The van der Waals surface area contributed by atoms with Crippen molar-refractivity contribution in [3.8, 4) is 17.2 Å². The Hall–Kier alpha value is -5.24. The molecule has 43 heteroatoms. The minimum absolute atomic E-state index is 0.337. The number of halogens is 39. The molecule has 0 aliphatic carbocycles. The summed E-state index contributed by atoms with van der Waals surface area (Å²) < 4.78 is 547. The number of benzene rings is 3. The molecule has 0 N–H and O–H groups in total. The van der Waals surface area contributed by atoms with Crippen molar-refractivity contribution in [2.75, 3.05) is 0 Å². The van der Waals surface area contributed by atoms with E-state index < -0.39 is 186 Å². The van der Waals surface area contributed by atoms with E-state index in [4.69, 9.17) is 13.6 Å². The molecular weight excluding hydrogens is 1250 g/mol. The molecule has 0 heterocycles. The molecule has 0 bridgehead atoms. The first-order chi connectivity index (χ1) is 34.5. The molecule has 0 aromatic heterocycles. The largest absolute Gasteiger partial charge is 0.530 e. The predicted octanol–water partition coefficient (Wildman–Crippen LogP) is 18.0. The van der Waals surface area contributed by atoms with Gasteiger partial charge in [0.2, 0.25) is 0 Å². The zero-order valence-electron chi connectivity index (χ0n) is 35.3. The predicted molar refractivity (Wildman–Crippen MR) is 177 cm³/mol. The van der Waals surface area contributed by atoms with Gasteiger partial charge in [-0.15, -0.1) is 0 Å². The van der Waals surface area contributed by atoms with Gasteiger partial charge in [0.15, 0.2) is 0 Å². The quantitative estimate of drug-likeness (QED) is 0.0786. The first-order valence-corrected chi connectivity index (χ1v) is 19.6. The lowest BCUT2D eigenvalue weighted by molar-refractivity contribution is -0.441. The molecule has 0 unspecified atom stereocenters. The average Bonchev–Trinajstić information content (AvgIpc) is 3.27. The molecule has 0 aliphatic heterocycles. The summed E-state index contributed by atoms with van der Waals surface area (Å²) in [4.78, 5) is 0. The van der Waals surface area contributed by atoms with E-state index in [0.29, 0.717) is 0 Å². The summed E-state index contributed by atoms with van der Waals surface area (Å²) in [5, 5.41) is 0. The van der Waals surface area contributed by atoms with E-state index in [1.165, 1.54) is 0 Å². The van der Waals surface area contributed by atoms with Gasteiger partial charge in [-0.3, -0.25) is 0 Å². The smallest absolute Gasteiger partial charge is 0.409 e. The van der Waals surface area contributed by atoms with Crippen LogP contribution in [-0.4, -0.2) is 89.6 Å². The minimum atomic E-state index is -8.44. The summed E-state index contributed by atoms with van der Waals surface area (Å²) in [6.45, 7) is 0. The van der Waals surface area contributed by atoms with Crippen LogP contribution in [0.1, 0.15) is 16.7 Å². The number of hydrogen-bond donors (Lipinski definition) is 0. The molecule has 3 aromatic rings. The lowest BCUT2D eigenvalue weighted by Gasteiger charge is -2.39. The van der Waals surface area contributed by atoms with Gasteiger partial charge in [-0.25, -0.2) is 0 Å². The minimum Gasteiger partial charge on any atom is -0.409 e. The Balaban J connectivity index is 2.17. The van der Waals surface area contributed by atoms with Crippen LogP contribution in [-0.2, 0) is 17.8 Å². The molecule has 79 heavy (non-hydrogen) atoms. The molecule has 0 saturated heterocycles. The van der Waals surface area contributed by atoms with E-state index in [1.807, 2.05) is 0 Å². The van der Waals surface area contributed by atoms with Gasteiger partial charge in [0.25, 0.3) is 0 Å². The second kappa shape index (κ2) is 19.5. The fourth-order valence-electron chi connectivity index (χ4n) is 5.34. The first-order valence-electron chi connectivity index (χ1n) is 18.5. The van der Waals surface area contributed by atoms with Crippen LogP contribution in [0.5, 0.6) is 17.2 Å². The molecule has 0 amide bonds. The second-order valence-electron chi connectivity index (χ2n) is 15.2. The third-order valence-electron chi connectivity index (χ3n) is 9.99. The summed E-state index contributed by atoms with van der Waals surface area (Å²) in [5.41, 5.74) is -8.42.